The molecule has 2 heterocycles. The number of nitrogens with one attached hydrogen (secondary N) is 1. The van der Waals surface area contributed by atoms with Crippen LogP contribution in [-0.2, 0) is 6.42 Å². The number of ether oxygens (including phenoxy) is 1. The van der Waals surface area contributed by atoms with Gasteiger partial charge < -0.3 is 9.15 Å². The second kappa shape index (κ2) is 4.87. The van der Waals surface area contributed by atoms with E-state index in [0.29, 0.717) is 17.4 Å². The minimum absolute atomic E-state index is 0.0819. The summed E-state index contributed by atoms with van der Waals surface area (Å²) in [4.78, 5) is 28.8. The smallest absolute Gasteiger partial charge is 0.351 e. The lowest BCUT2D eigenvalue weighted by atomic mass is 10.1. The average molecular weight is 248 g/mol. The minimum atomic E-state index is -0.627. The summed E-state index contributed by atoms with van der Waals surface area (Å²) in [6.07, 6.45) is 2.14. The molecule has 1 N–H and O–H groups in total. The molecule has 0 amide bonds. The van der Waals surface area contributed by atoms with Crippen LogP contribution in [0.2, 0.25) is 0 Å². The van der Waals surface area contributed by atoms with Gasteiger partial charge in [-0.1, -0.05) is 19.6 Å². The first-order chi connectivity index (χ1) is 8.65. The number of aromatic amines is 1. The van der Waals surface area contributed by atoms with Crippen molar-refractivity contribution in [3.05, 3.63) is 45.2 Å². The van der Waals surface area contributed by atoms with Gasteiger partial charge in [0, 0.05) is 6.07 Å². The van der Waals surface area contributed by atoms with Gasteiger partial charge in [0.1, 0.15) is 12.0 Å². The molecular formula is C12H12N2O4. The Bertz CT molecular complexity index is 694. The molecule has 0 saturated carbocycles. The Morgan fingerprint density at radius 3 is 3.00 bits per heavy atom. The van der Waals surface area contributed by atoms with E-state index in [1.165, 1.54) is 6.07 Å². The van der Waals surface area contributed by atoms with Crippen molar-refractivity contribution in [2.45, 2.75) is 13.3 Å². The molecule has 0 bridgehead atoms. The maximum atomic E-state index is 11.3. The van der Waals surface area contributed by atoms with Crippen molar-refractivity contribution in [1.82, 2.24) is 9.97 Å². The topological polar surface area (TPSA) is 85.2 Å². The first kappa shape index (κ1) is 12.1. The predicted molar refractivity (Wildman–Crippen MR) is 66.0 cm³/mol. The molecule has 0 atom stereocenters. The van der Waals surface area contributed by atoms with Crippen LogP contribution >= 0.6 is 0 Å². The van der Waals surface area contributed by atoms with E-state index in [1.807, 2.05) is 6.92 Å². The van der Waals surface area contributed by atoms with Crippen LogP contribution in [0.5, 0.6) is 5.88 Å². The summed E-state index contributed by atoms with van der Waals surface area (Å²) in [6, 6.07) is 1.36. The van der Waals surface area contributed by atoms with Crippen LogP contribution in [0.15, 0.2) is 32.7 Å². The molecule has 6 nitrogen and oxygen atoms in total. The summed E-state index contributed by atoms with van der Waals surface area (Å²) < 4.78 is 10.3. The molecule has 0 aromatic carbocycles. The Labute approximate surface area is 102 Å². The number of H-pyrrole nitrogens is 1. The SMILES string of the molecule is C=CCOc1nc(=O)[nH]c2oc(=O)cc(CC)c12. The van der Waals surface area contributed by atoms with Crippen LogP contribution in [0.1, 0.15) is 12.5 Å². The fraction of sp³-hybridized carbons (Fsp3) is 0.250. The summed E-state index contributed by atoms with van der Waals surface area (Å²) in [5.74, 6) is 0.147. The van der Waals surface area contributed by atoms with Crippen molar-refractivity contribution >= 4 is 11.1 Å². The quantitative estimate of drug-likeness (QED) is 0.816. The minimum Gasteiger partial charge on any atom is -0.473 e. The summed E-state index contributed by atoms with van der Waals surface area (Å²) in [6.45, 7) is 5.62. The number of aryl methyl sites for hydroxylation is 1. The van der Waals surface area contributed by atoms with Gasteiger partial charge in [-0.25, -0.2) is 9.59 Å². The van der Waals surface area contributed by atoms with Gasteiger partial charge in [-0.05, 0) is 12.0 Å². The highest BCUT2D eigenvalue weighted by molar-refractivity contribution is 5.81. The second-order valence-electron chi connectivity index (χ2n) is 3.60. The van der Waals surface area contributed by atoms with Crippen LogP contribution in [0.3, 0.4) is 0 Å². The fourth-order valence-electron chi connectivity index (χ4n) is 1.66. The summed E-state index contributed by atoms with van der Waals surface area (Å²) in [5.41, 5.74) is -0.351. The third-order valence-corrected chi connectivity index (χ3v) is 2.40. The molecule has 0 aliphatic carbocycles. The maximum Gasteiger partial charge on any atom is 0.351 e. The standard InChI is InChI=1S/C12H12N2O4/c1-3-5-17-10-9-7(4-2)6-8(15)18-11(9)14-12(16)13-10/h3,6H,1,4-5H2,2H3,(H,13,14,16). The van der Waals surface area contributed by atoms with Crippen LogP contribution in [0.25, 0.3) is 11.1 Å². The molecule has 18 heavy (non-hydrogen) atoms. The van der Waals surface area contributed by atoms with Crippen molar-refractivity contribution in [3.63, 3.8) is 0 Å². The Balaban J connectivity index is 2.79. The number of fused-ring (bicyclic) bond motifs is 1. The number of hydrogen-bond acceptors (Lipinski definition) is 5. The first-order valence-electron chi connectivity index (χ1n) is 5.46. The number of aromatic nitrogens is 2. The normalized spacial score (nSPS) is 10.5. The maximum absolute atomic E-state index is 11.3. The van der Waals surface area contributed by atoms with Gasteiger partial charge in [0.2, 0.25) is 11.6 Å². The van der Waals surface area contributed by atoms with E-state index in [-0.39, 0.29) is 18.2 Å². The van der Waals surface area contributed by atoms with E-state index in [9.17, 15) is 9.59 Å². The number of hydrogen-bond donors (Lipinski definition) is 1. The summed E-state index contributed by atoms with van der Waals surface area (Å²) in [5, 5.41) is 0.513. The highest BCUT2D eigenvalue weighted by atomic mass is 16.5. The van der Waals surface area contributed by atoms with E-state index < -0.39 is 11.3 Å². The largest absolute Gasteiger partial charge is 0.473 e. The van der Waals surface area contributed by atoms with Gasteiger partial charge in [0.05, 0.1) is 0 Å². The van der Waals surface area contributed by atoms with Crippen LogP contribution in [0, 0.1) is 0 Å². The lowest BCUT2D eigenvalue weighted by molar-refractivity contribution is 0.350. The molecule has 94 valence electrons. The number of nitrogens with zero attached hydrogens (tertiary/aromatic N) is 1. The van der Waals surface area contributed by atoms with Crippen LogP contribution in [-0.4, -0.2) is 16.6 Å². The highest BCUT2D eigenvalue weighted by Gasteiger charge is 2.13. The third kappa shape index (κ3) is 2.17. The molecule has 0 aliphatic rings. The van der Waals surface area contributed by atoms with Gasteiger partial charge in [0.25, 0.3) is 0 Å². The molecule has 2 aromatic rings. The van der Waals surface area contributed by atoms with Crippen molar-refractivity contribution in [2.24, 2.45) is 0 Å². The molecule has 2 rings (SSSR count). The Morgan fingerprint density at radius 1 is 1.56 bits per heavy atom. The van der Waals surface area contributed by atoms with Gasteiger partial charge in [-0.3, -0.25) is 4.98 Å². The van der Waals surface area contributed by atoms with Crippen LogP contribution in [0.4, 0.5) is 0 Å². The molecule has 0 saturated heterocycles. The lowest BCUT2D eigenvalue weighted by Gasteiger charge is -2.07. The van der Waals surface area contributed by atoms with E-state index in [1.54, 1.807) is 6.08 Å². The van der Waals surface area contributed by atoms with E-state index in [0.717, 1.165) is 0 Å². The second-order valence-corrected chi connectivity index (χ2v) is 3.60. The molecular weight excluding hydrogens is 236 g/mol. The Kier molecular flexibility index (Phi) is 3.27. The average Bonchev–Trinajstić information content (AvgIpc) is 2.34. The highest BCUT2D eigenvalue weighted by Crippen LogP contribution is 2.23. The van der Waals surface area contributed by atoms with Crippen LogP contribution < -0.4 is 16.1 Å². The zero-order valence-electron chi connectivity index (χ0n) is 9.86. The van der Waals surface area contributed by atoms with Gasteiger partial charge in [-0.2, -0.15) is 4.98 Å². The molecule has 0 fully saturated rings. The molecule has 0 unspecified atom stereocenters. The summed E-state index contributed by atoms with van der Waals surface area (Å²) in [7, 11) is 0. The fourth-order valence-corrected chi connectivity index (χ4v) is 1.66. The van der Waals surface area contributed by atoms with Crippen molar-refractivity contribution in [3.8, 4) is 5.88 Å². The van der Waals surface area contributed by atoms with Gasteiger partial charge >= 0.3 is 11.3 Å². The van der Waals surface area contributed by atoms with E-state index in [2.05, 4.69) is 16.5 Å². The Hall–Kier alpha value is -2.37. The lowest BCUT2D eigenvalue weighted by Crippen LogP contribution is -2.15. The summed E-state index contributed by atoms with van der Waals surface area (Å²) >= 11 is 0. The molecule has 0 radical (unpaired) electrons. The monoisotopic (exact) mass is 248 g/mol. The van der Waals surface area contributed by atoms with Crippen molar-refractivity contribution in [2.75, 3.05) is 6.61 Å². The first-order valence-corrected chi connectivity index (χ1v) is 5.46. The molecule has 0 aliphatic heterocycles. The Morgan fingerprint density at radius 2 is 2.33 bits per heavy atom. The number of rotatable bonds is 4. The van der Waals surface area contributed by atoms with Crippen molar-refractivity contribution in [1.29, 1.82) is 0 Å². The van der Waals surface area contributed by atoms with E-state index in [4.69, 9.17) is 9.15 Å². The zero-order valence-corrected chi connectivity index (χ0v) is 9.86. The van der Waals surface area contributed by atoms with Crippen molar-refractivity contribution < 1.29 is 9.15 Å². The zero-order chi connectivity index (χ0) is 13.1. The molecule has 0 spiro atoms. The van der Waals surface area contributed by atoms with Gasteiger partial charge in [0.15, 0.2) is 0 Å². The third-order valence-electron chi connectivity index (χ3n) is 2.40. The van der Waals surface area contributed by atoms with Gasteiger partial charge in [-0.15, -0.1) is 0 Å². The predicted octanol–water partition coefficient (Wildman–Crippen LogP) is 1.00. The molecule has 6 heteroatoms. The van der Waals surface area contributed by atoms with E-state index >= 15 is 0 Å². The molecule has 2 aromatic heterocycles.